The second-order valence-electron chi connectivity index (χ2n) is 3.83. The molecule has 1 saturated carbocycles. The lowest BCUT2D eigenvalue weighted by atomic mass is 10.1. The summed E-state index contributed by atoms with van der Waals surface area (Å²) in [5, 5.41) is 8.83. The number of carboxylic acid groups (broad SMARTS) is 1. The zero-order chi connectivity index (χ0) is 12.6. The van der Waals surface area contributed by atoms with Gasteiger partial charge in [0.15, 0.2) is 0 Å². The molecule has 0 heterocycles. The number of benzene rings is 1. The molecule has 0 aliphatic heterocycles. The molecule has 1 aliphatic carbocycles. The number of halogens is 2. The predicted molar refractivity (Wildman–Crippen MR) is 59.9 cm³/mol. The van der Waals surface area contributed by atoms with Crippen LogP contribution in [0.25, 0.3) is 0 Å². The van der Waals surface area contributed by atoms with Crippen molar-refractivity contribution in [1.82, 2.24) is 0 Å². The van der Waals surface area contributed by atoms with Crippen molar-refractivity contribution < 1.29 is 19.1 Å². The predicted octanol–water partition coefficient (Wildman–Crippen LogP) is 2.30. The highest BCUT2D eigenvalue weighted by Gasteiger charge is 2.31. The van der Waals surface area contributed by atoms with Crippen molar-refractivity contribution in [2.75, 3.05) is 4.90 Å². The Labute approximate surface area is 102 Å². The van der Waals surface area contributed by atoms with Gasteiger partial charge in [0.1, 0.15) is 5.82 Å². The van der Waals surface area contributed by atoms with Crippen LogP contribution in [0, 0.1) is 5.82 Å². The van der Waals surface area contributed by atoms with Crippen LogP contribution >= 0.6 is 11.6 Å². The van der Waals surface area contributed by atoms with Crippen molar-refractivity contribution in [3.63, 3.8) is 0 Å². The van der Waals surface area contributed by atoms with Gasteiger partial charge in [-0.3, -0.25) is 4.79 Å². The summed E-state index contributed by atoms with van der Waals surface area (Å²) in [6.45, 7) is 0. The molecule has 2 rings (SSSR count). The number of aromatic carboxylic acids is 1. The van der Waals surface area contributed by atoms with E-state index in [1.165, 1.54) is 4.90 Å². The van der Waals surface area contributed by atoms with Crippen molar-refractivity contribution in [2.24, 2.45) is 0 Å². The fourth-order valence-electron chi connectivity index (χ4n) is 1.59. The van der Waals surface area contributed by atoms with Crippen molar-refractivity contribution in [1.29, 1.82) is 0 Å². The molecule has 6 heteroatoms. The lowest BCUT2D eigenvalue weighted by Gasteiger charge is -2.18. The molecule has 1 N–H and O–H groups in total. The maximum atomic E-state index is 13.3. The third kappa shape index (κ3) is 2.24. The molecule has 0 spiro atoms. The van der Waals surface area contributed by atoms with E-state index in [1.807, 2.05) is 0 Å². The molecule has 17 heavy (non-hydrogen) atoms. The summed E-state index contributed by atoms with van der Waals surface area (Å²) in [6.07, 6.45) is 2.27. The largest absolute Gasteiger partial charge is 0.478 e. The van der Waals surface area contributed by atoms with Gasteiger partial charge in [0, 0.05) is 6.04 Å². The molecular formula is C11H9ClFNO3. The van der Waals surface area contributed by atoms with Crippen LogP contribution in [0.5, 0.6) is 0 Å². The average Bonchev–Trinajstić information content (AvgIpc) is 3.05. The molecule has 0 saturated heterocycles. The highest BCUT2D eigenvalue weighted by atomic mass is 35.5. The van der Waals surface area contributed by atoms with Crippen LogP contribution in [0.15, 0.2) is 12.1 Å². The number of hydrogen-bond donors (Lipinski definition) is 1. The summed E-state index contributed by atoms with van der Waals surface area (Å²) in [5.74, 6) is -2.30. The molecule has 1 fully saturated rings. The standard InChI is InChI=1S/C11H9ClFNO3/c12-8-4-9(13)7(11(16)17)3-10(8)14(5-15)6-1-2-6/h3-6H,1-2H2,(H,16,17). The fourth-order valence-corrected chi connectivity index (χ4v) is 1.84. The number of anilines is 1. The van der Waals surface area contributed by atoms with E-state index in [-0.39, 0.29) is 16.8 Å². The van der Waals surface area contributed by atoms with Crippen LogP contribution in [-0.4, -0.2) is 23.5 Å². The summed E-state index contributed by atoms with van der Waals surface area (Å²) in [6, 6.07) is 2.04. The van der Waals surface area contributed by atoms with E-state index in [4.69, 9.17) is 16.7 Å². The van der Waals surface area contributed by atoms with E-state index in [0.717, 1.165) is 25.0 Å². The molecule has 0 aromatic heterocycles. The Morgan fingerprint density at radius 2 is 2.18 bits per heavy atom. The first-order chi connectivity index (χ1) is 8.04. The molecule has 90 valence electrons. The van der Waals surface area contributed by atoms with Gasteiger partial charge in [-0.05, 0) is 25.0 Å². The zero-order valence-corrected chi connectivity index (χ0v) is 9.45. The summed E-state index contributed by atoms with van der Waals surface area (Å²) in [5.41, 5.74) is -0.250. The molecule has 4 nitrogen and oxygen atoms in total. The van der Waals surface area contributed by atoms with Gasteiger partial charge < -0.3 is 10.0 Å². The third-order valence-corrected chi connectivity index (χ3v) is 2.90. The van der Waals surface area contributed by atoms with E-state index in [2.05, 4.69) is 0 Å². The molecule has 0 radical (unpaired) electrons. The quantitative estimate of drug-likeness (QED) is 0.842. The number of nitrogens with zero attached hydrogens (tertiary/aromatic N) is 1. The average molecular weight is 258 g/mol. The molecular weight excluding hydrogens is 249 g/mol. The number of rotatable bonds is 4. The summed E-state index contributed by atoms with van der Waals surface area (Å²) >= 11 is 5.82. The van der Waals surface area contributed by atoms with Gasteiger partial charge in [-0.1, -0.05) is 11.6 Å². The number of carbonyl (C=O) groups is 2. The fraction of sp³-hybridized carbons (Fsp3) is 0.273. The van der Waals surface area contributed by atoms with Crippen molar-refractivity contribution in [3.8, 4) is 0 Å². The lowest BCUT2D eigenvalue weighted by Crippen LogP contribution is -2.24. The first kappa shape index (κ1) is 11.9. The first-order valence-electron chi connectivity index (χ1n) is 5.00. The normalized spacial score (nSPS) is 14.5. The van der Waals surface area contributed by atoms with Crippen LogP contribution < -0.4 is 4.90 Å². The van der Waals surface area contributed by atoms with Crippen LogP contribution in [0.4, 0.5) is 10.1 Å². The minimum absolute atomic E-state index is 0.0338. The lowest BCUT2D eigenvalue weighted by molar-refractivity contribution is -0.107. The van der Waals surface area contributed by atoms with Gasteiger partial charge in [-0.15, -0.1) is 0 Å². The molecule has 1 aromatic carbocycles. The van der Waals surface area contributed by atoms with E-state index >= 15 is 0 Å². The molecule has 1 aliphatic rings. The maximum Gasteiger partial charge on any atom is 0.338 e. The van der Waals surface area contributed by atoms with Crippen LogP contribution in [0.1, 0.15) is 23.2 Å². The summed E-state index contributed by atoms with van der Waals surface area (Å²) in [4.78, 5) is 23.1. The minimum atomic E-state index is -1.39. The van der Waals surface area contributed by atoms with Crippen molar-refractivity contribution in [3.05, 3.63) is 28.5 Å². The van der Waals surface area contributed by atoms with Gasteiger partial charge in [0.25, 0.3) is 0 Å². The highest BCUT2D eigenvalue weighted by molar-refractivity contribution is 6.33. The first-order valence-corrected chi connectivity index (χ1v) is 5.38. The Balaban J connectivity index is 2.48. The Bertz CT molecular complexity index is 488. The number of hydrogen-bond acceptors (Lipinski definition) is 2. The van der Waals surface area contributed by atoms with Crippen LogP contribution in [-0.2, 0) is 4.79 Å². The molecule has 0 unspecified atom stereocenters. The van der Waals surface area contributed by atoms with E-state index in [1.54, 1.807) is 0 Å². The van der Waals surface area contributed by atoms with Crippen LogP contribution in [0.2, 0.25) is 5.02 Å². The molecule has 0 bridgehead atoms. The third-order valence-electron chi connectivity index (χ3n) is 2.60. The molecule has 0 atom stereocenters. The van der Waals surface area contributed by atoms with Gasteiger partial charge in [-0.25, -0.2) is 9.18 Å². The second-order valence-corrected chi connectivity index (χ2v) is 4.24. The van der Waals surface area contributed by atoms with E-state index in [0.29, 0.717) is 6.41 Å². The Morgan fingerprint density at radius 3 is 2.65 bits per heavy atom. The van der Waals surface area contributed by atoms with E-state index in [9.17, 15) is 14.0 Å². The Kier molecular flexibility index (Phi) is 3.02. The van der Waals surface area contributed by atoms with Gasteiger partial charge in [-0.2, -0.15) is 0 Å². The Hall–Kier alpha value is -1.62. The van der Waals surface area contributed by atoms with Gasteiger partial charge >= 0.3 is 5.97 Å². The minimum Gasteiger partial charge on any atom is -0.478 e. The molecule has 1 amide bonds. The molecule has 1 aromatic rings. The Morgan fingerprint density at radius 1 is 1.53 bits per heavy atom. The number of carboxylic acids is 1. The van der Waals surface area contributed by atoms with Crippen molar-refractivity contribution >= 4 is 29.7 Å². The van der Waals surface area contributed by atoms with Crippen molar-refractivity contribution in [2.45, 2.75) is 18.9 Å². The monoisotopic (exact) mass is 257 g/mol. The second kappa shape index (κ2) is 4.33. The highest BCUT2D eigenvalue weighted by Crippen LogP contribution is 2.35. The number of carbonyl (C=O) groups excluding carboxylic acids is 1. The number of amides is 1. The topological polar surface area (TPSA) is 57.6 Å². The summed E-state index contributed by atoms with van der Waals surface area (Å²) < 4.78 is 13.3. The smallest absolute Gasteiger partial charge is 0.338 e. The maximum absolute atomic E-state index is 13.3. The van der Waals surface area contributed by atoms with E-state index < -0.39 is 17.3 Å². The van der Waals surface area contributed by atoms with Gasteiger partial charge in [0.05, 0.1) is 16.3 Å². The SMILES string of the molecule is O=CN(c1cc(C(=O)O)c(F)cc1Cl)C1CC1. The van der Waals surface area contributed by atoms with Crippen LogP contribution in [0.3, 0.4) is 0 Å². The van der Waals surface area contributed by atoms with Gasteiger partial charge in [0.2, 0.25) is 6.41 Å². The zero-order valence-electron chi connectivity index (χ0n) is 8.69. The summed E-state index contributed by atoms with van der Waals surface area (Å²) in [7, 11) is 0.